The molecule has 1 heterocycles. The molecule has 0 amide bonds. The Morgan fingerprint density at radius 2 is 2.05 bits per heavy atom. The highest BCUT2D eigenvalue weighted by Gasteiger charge is 2.33. The van der Waals surface area contributed by atoms with Crippen molar-refractivity contribution < 1.29 is 18.0 Å². The van der Waals surface area contributed by atoms with Gasteiger partial charge in [-0.1, -0.05) is 23.8 Å². The molecule has 1 atom stereocenters. The highest BCUT2D eigenvalue weighted by Crippen LogP contribution is 2.26. The monoisotopic (exact) mass is 319 g/mol. The number of carbonyl (C=O) groups excluding carboxylic acids is 1. The van der Waals surface area contributed by atoms with Crippen LogP contribution >= 0.6 is 0 Å². The summed E-state index contributed by atoms with van der Waals surface area (Å²) < 4.78 is 26.7. The molecule has 1 aliphatic rings. The fraction of sp³-hybridized carbons (Fsp3) is 0.333. The fourth-order valence-electron chi connectivity index (χ4n) is 2.41. The summed E-state index contributed by atoms with van der Waals surface area (Å²) in [6, 6.07) is 6.34. The Balaban J connectivity index is 2.24. The number of hydrogen-bond donors (Lipinski definition) is 0. The molecule has 116 valence electrons. The number of nitrogens with zero attached hydrogens (tertiary/aromatic N) is 3. The predicted octanol–water partition coefficient (Wildman–Crippen LogP) is 1.57. The average molecular weight is 319 g/mol. The van der Waals surface area contributed by atoms with E-state index < -0.39 is 15.8 Å². The molecule has 0 N–H and O–H groups in total. The Morgan fingerprint density at radius 1 is 1.36 bits per heavy atom. The van der Waals surface area contributed by atoms with E-state index in [2.05, 4.69) is 4.79 Å². The third-order valence-electron chi connectivity index (χ3n) is 3.54. The molecule has 22 heavy (non-hydrogen) atoms. The second-order valence-electron chi connectivity index (χ2n) is 5.14. The molecule has 0 radical (unpaired) electrons. The van der Waals surface area contributed by atoms with Gasteiger partial charge in [0.05, 0.1) is 4.90 Å². The number of carbonyl (C=O) groups is 1. The Hall–Kier alpha value is -2.08. The molecule has 0 spiro atoms. The van der Waals surface area contributed by atoms with Crippen LogP contribution < -0.4 is 0 Å². The van der Waals surface area contributed by atoms with Crippen molar-refractivity contribution in [3.05, 3.63) is 47.5 Å². The molecule has 6 nitrogen and oxygen atoms in total. The predicted molar refractivity (Wildman–Crippen MR) is 81.9 cm³/mol. The van der Waals surface area contributed by atoms with Gasteiger partial charge in [-0.25, -0.2) is 8.42 Å². The number of hydrogen-bond acceptors (Lipinski definition) is 3. The van der Waals surface area contributed by atoms with E-state index in [1.54, 1.807) is 30.3 Å². The van der Waals surface area contributed by atoms with Gasteiger partial charge in [-0.15, -0.1) is 0 Å². The van der Waals surface area contributed by atoms with Gasteiger partial charge in [0.25, 0.3) is 5.78 Å². The molecule has 1 aromatic rings. The van der Waals surface area contributed by atoms with Crippen molar-refractivity contribution in [3.8, 4) is 0 Å². The van der Waals surface area contributed by atoms with Crippen LogP contribution in [-0.2, 0) is 14.8 Å². The minimum absolute atomic E-state index is 0.252. The topological polar surface area (TPSA) is 90.9 Å². The van der Waals surface area contributed by atoms with E-state index in [9.17, 15) is 13.2 Å². The van der Waals surface area contributed by atoms with Gasteiger partial charge in [0, 0.05) is 12.6 Å². The first-order valence-corrected chi connectivity index (χ1v) is 8.37. The van der Waals surface area contributed by atoms with Crippen LogP contribution in [0, 0.1) is 6.92 Å². The Bertz CT molecular complexity index is 732. The summed E-state index contributed by atoms with van der Waals surface area (Å²) in [6.45, 7) is 2.32. The minimum Gasteiger partial charge on any atom is -0.361 e. The number of benzene rings is 1. The summed E-state index contributed by atoms with van der Waals surface area (Å²) in [7, 11) is -3.58. The molecule has 0 bridgehead atoms. The average Bonchev–Trinajstić information content (AvgIpc) is 2.95. The van der Waals surface area contributed by atoms with Crippen LogP contribution in [0.3, 0.4) is 0 Å². The van der Waals surface area contributed by atoms with E-state index in [1.165, 1.54) is 10.4 Å². The molecule has 1 unspecified atom stereocenters. The molecule has 0 saturated carbocycles. The second-order valence-corrected chi connectivity index (χ2v) is 7.03. The van der Waals surface area contributed by atoms with Crippen molar-refractivity contribution in [2.24, 2.45) is 0 Å². The number of rotatable bonds is 5. The highest BCUT2D eigenvalue weighted by atomic mass is 32.2. The molecule has 0 aliphatic carbocycles. The van der Waals surface area contributed by atoms with Crippen molar-refractivity contribution in [3.63, 3.8) is 0 Å². The summed E-state index contributed by atoms with van der Waals surface area (Å²) in [5.74, 6) is -0.484. The molecule has 1 saturated heterocycles. The molecular formula is C15H17N3O3S. The summed E-state index contributed by atoms with van der Waals surface area (Å²) >= 11 is 0. The van der Waals surface area contributed by atoms with Crippen LogP contribution in [-0.4, -0.2) is 42.1 Å². The number of allylic oxidation sites excluding steroid dienone is 1. The first-order valence-electron chi connectivity index (χ1n) is 6.93. The van der Waals surface area contributed by atoms with Crippen LogP contribution in [0.5, 0.6) is 0 Å². The molecule has 0 aromatic heterocycles. The maximum absolute atomic E-state index is 12.7. The highest BCUT2D eigenvalue weighted by molar-refractivity contribution is 7.89. The maximum Gasteiger partial charge on any atom is 0.327 e. The Labute approximate surface area is 129 Å². The largest absolute Gasteiger partial charge is 0.361 e. The van der Waals surface area contributed by atoms with Crippen molar-refractivity contribution >= 4 is 22.0 Å². The minimum atomic E-state index is -3.58. The third kappa shape index (κ3) is 3.57. The van der Waals surface area contributed by atoms with Gasteiger partial charge < -0.3 is 5.53 Å². The normalized spacial score (nSPS) is 19.2. The van der Waals surface area contributed by atoms with Crippen LogP contribution in [0.15, 0.2) is 41.3 Å². The quantitative estimate of drug-likeness (QED) is 0.357. The van der Waals surface area contributed by atoms with E-state index in [0.29, 0.717) is 13.0 Å². The first kappa shape index (κ1) is 16.3. The zero-order chi connectivity index (χ0) is 16.2. The van der Waals surface area contributed by atoms with Crippen molar-refractivity contribution in [1.82, 2.24) is 4.31 Å². The molecular weight excluding hydrogens is 302 g/mol. The lowest BCUT2D eigenvalue weighted by atomic mass is 10.2. The smallest absolute Gasteiger partial charge is 0.327 e. The van der Waals surface area contributed by atoms with Crippen LogP contribution in [0.2, 0.25) is 0 Å². The van der Waals surface area contributed by atoms with Gasteiger partial charge in [-0.2, -0.15) is 9.10 Å². The van der Waals surface area contributed by atoms with Gasteiger partial charge in [0.2, 0.25) is 10.0 Å². The number of aryl methyl sites for hydroxylation is 1. The Morgan fingerprint density at radius 3 is 2.68 bits per heavy atom. The van der Waals surface area contributed by atoms with Crippen LogP contribution in [0.1, 0.15) is 18.4 Å². The lowest BCUT2D eigenvalue weighted by Gasteiger charge is -2.21. The van der Waals surface area contributed by atoms with E-state index in [1.807, 2.05) is 6.92 Å². The molecule has 1 fully saturated rings. The molecule has 1 aromatic carbocycles. The van der Waals surface area contributed by atoms with Gasteiger partial charge in [-0.3, -0.25) is 4.79 Å². The number of ketones is 1. The summed E-state index contributed by atoms with van der Waals surface area (Å²) in [5, 5.41) is 0. The van der Waals surface area contributed by atoms with E-state index in [4.69, 9.17) is 5.53 Å². The van der Waals surface area contributed by atoms with Crippen molar-refractivity contribution in [1.29, 1.82) is 0 Å². The summed E-state index contributed by atoms with van der Waals surface area (Å²) in [6.07, 6.45) is 4.94. The van der Waals surface area contributed by atoms with Crippen LogP contribution in [0.4, 0.5) is 0 Å². The third-order valence-corrected chi connectivity index (χ3v) is 5.48. The van der Waals surface area contributed by atoms with E-state index >= 15 is 0 Å². The van der Waals surface area contributed by atoms with Gasteiger partial charge in [0.15, 0.2) is 0 Å². The fourth-order valence-corrected chi connectivity index (χ4v) is 4.06. The first-order chi connectivity index (χ1) is 10.4. The summed E-state index contributed by atoms with van der Waals surface area (Å²) in [4.78, 5) is 14.2. The van der Waals surface area contributed by atoms with E-state index in [-0.39, 0.29) is 10.9 Å². The zero-order valence-electron chi connectivity index (χ0n) is 12.2. The molecule has 2 rings (SSSR count). The lowest BCUT2D eigenvalue weighted by molar-refractivity contribution is -0.111. The molecule has 7 heteroatoms. The van der Waals surface area contributed by atoms with Gasteiger partial charge in [-0.05, 0) is 38.0 Å². The SMILES string of the molecule is Cc1ccc(S(=O)(=O)N2CCCC2/C=C/C(=O)C=[N+]=[N-])cc1. The van der Waals surface area contributed by atoms with E-state index in [0.717, 1.165) is 18.2 Å². The van der Waals surface area contributed by atoms with Crippen molar-refractivity contribution in [2.75, 3.05) is 6.54 Å². The Kier molecular flexibility index (Phi) is 5.03. The summed E-state index contributed by atoms with van der Waals surface area (Å²) in [5.41, 5.74) is 9.28. The number of sulfonamides is 1. The van der Waals surface area contributed by atoms with Gasteiger partial charge >= 0.3 is 6.21 Å². The second kappa shape index (κ2) is 6.79. The van der Waals surface area contributed by atoms with Gasteiger partial charge in [0.1, 0.15) is 0 Å². The zero-order valence-corrected chi connectivity index (χ0v) is 13.0. The molecule has 1 aliphatic heterocycles. The lowest BCUT2D eigenvalue weighted by Crippen LogP contribution is -2.34. The maximum atomic E-state index is 12.7. The standard InChI is InChI=1S/C15H17N3O3S/c1-12-4-8-15(9-5-12)22(20,21)18-10-2-3-13(18)6-7-14(19)11-17-16/h4-9,11,13H,2-3,10H2,1H3/b7-6+. The van der Waals surface area contributed by atoms with Crippen LogP contribution in [0.25, 0.3) is 5.53 Å². The van der Waals surface area contributed by atoms with Crippen molar-refractivity contribution in [2.45, 2.75) is 30.7 Å².